The fourth-order valence-electron chi connectivity index (χ4n) is 2.06. The van der Waals surface area contributed by atoms with Crippen molar-refractivity contribution in [2.75, 3.05) is 11.5 Å². The number of allylic oxidation sites excluding steroid dienone is 1. The molecule has 1 aliphatic rings. The molecule has 0 aliphatic carbocycles. The highest BCUT2D eigenvalue weighted by molar-refractivity contribution is 8.07. The number of thioether (sulfide) groups is 2. The zero-order valence-electron chi connectivity index (χ0n) is 10.2. The third-order valence-corrected chi connectivity index (χ3v) is 6.26. The molecule has 0 spiro atoms. The summed E-state index contributed by atoms with van der Waals surface area (Å²) in [6.45, 7) is 5.97. The van der Waals surface area contributed by atoms with Gasteiger partial charge in [0.2, 0.25) is 0 Å². The summed E-state index contributed by atoms with van der Waals surface area (Å²) in [5.41, 5.74) is 0. The molecule has 1 N–H and O–H groups in total. The highest BCUT2D eigenvalue weighted by atomic mass is 32.2. The molecule has 0 saturated carbocycles. The maximum absolute atomic E-state index is 10.1. The summed E-state index contributed by atoms with van der Waals surface area (Å²) in [5.74, 6) is 2.45. The molecule has 3 heteroatoms. The van der Waals surface area contributed by atoms with Gasteiger partial charge in [0.15, 0.2) is 0 Å². The van der Waals surface area contributed by atoms with Gasteiger partial charge in [-0.2, -0.15) is 23.5 Å². The predicted octanol–water partition coefficient (Wildman–Crippen LogP) is 3.72. The summed E-state index contributed by atoms with van der Waals surface area (Å²) < 4.78 is 0. The molecule has 1 saturated heterocycles. The number of aliphatic hydroxyl groups is 1. The van der Waals surface area contributed by atoms with E-state index in [0.29, 0.717) is 10.5 Å². The van der Waals surface area contributed by atoms with Gasteiger partial charge in [0.05, 0.1) is 6.10 Å². The molecule has 1 heterocycles. The number of unbranched alkanes of at least 4 members (excludes halogenated alkanes) is 3. The van der Waals surface area contributed by atoms with Gasteiger partial charge in [-0.25, -0.2) is 0 Å². The first kappa shape index (κ1) is 14.5. The van der Waals surface area contributed by atoms with Crippen LogP contribution in [0.15, 0.2) is 12.7 Å². The fraction of sp³-hybridized carbons (Fsp3) is 0.846. The SMILES string of the molecule is C=CCCCCCC(O)C1SCCSC1C. The van der Waals surface area contributed by atoms with E-state index in [0.717, 1.165) is 19.3 Å². The minimum Gasteiger partial charge on any atom is -0.392 e. The highest BCUT2D eigenvalue weighted by Gasteiger charge is 2.28. The van der Waals surface area contributed by atoms with E-state index in [-0.39, 0.29) is 6.10 Å². The highest BCUT2D eigenvalue weighted by Crippen LogP contribution is 2.34. The van der Waals surface area contributed by atoms with Crippen LogP contribution >= 0.6 is 23.5 Å². The topological polar surface area (TPSA) is 20.2 Å². The molecule has 3 unspecified atom stereocenters. The normalized spacial score (nSPS) is 27.6. The lowest BCUT2D eigenvalue weighted by Crippen LogP contribution is -2.34. The van der Waals surface area contributed by atoms with Crippen LogP contribution in [0.4, 0.5) is 0 Å². The van der Waals surface area contributed by atoms with Gasteiger partial charge in [0.25, 0.3) is 0 Å². The molecule has 3 atom stereocenters. The Balaban J connectivity index is 2.12. The van der Waals surface area contributed by atoms with Crippen LogP contribution in [-0.2, 0) is 0 Å². The van der Waals surface area contributed by atoms with Gasteiger partial charge in [0, 0.05) is 22.0 Å². The Labute approximate surface area is 108 Å². The van der Waals surface area contributed by atoms with E-state index in [4.69, 9.17) is 0 Å². The molecule has 0 radical (unpaired) electrons. The average molecular weight is 260 g/mol. The van der Waals surface area contributed by atoms with Gasteiger partial charge in [-0.05, 0) is 19.3 Å². The van der Waals surface area contributed by atoms with E-state index < -0.39 is 0 Å². The molecule has 1 fully saturated rings. The number of rotatable bonds is 7. The Morgan fingerprint density at radius 3 is 2.75 bits per heavy atom. The van der Waals surface area contributed by atoms with E-state index in [1.165, 1.54) is 24.3 Å². The lowest BCUT2D eigenvalue weighted by Gasteiger charge is -2.31. The van der Waals surface area contributed by atoms with Crippen molar-refractivity contribution in [3.05, 3.63) is 12.7 Å². The van der Waals surface area contributed by atoms with Crippen LogP contribution in [0.5, 0.6) is 0 Å². The van der Waals surface area contributed by atoms with Crippen molar-refractivity contribution in [3.63, 3.8) is 0 Å². The Morgan fingerprint density at radius 1 is 1.31 bits per heavy atom. The van der Waals surface area contributed by atoms with Crippen molar-refractivity contribution in [2.24, 2.45) is 0 Å². The van der Waals surface area contributed by atoms with Crippen LogP contribution in [0.2, 0.25) is 0 Å². The third kappa shape index (κ3) is 5.15. The Kier molecular flexibility index (Phi) is 7.67. The van der Waals surface area contributed by atoms with Crippen LogP contribution < -0.4 is 0 Å². The summed E-state index contributed by atoms with van der Waals surface area (Å²) in [4.78, 5) is 0. The van der Waals surface area contributed by atoms with Crippen LogP contribution in [0.1, 0.15) is 39.0 Å². The first-order chi connectivity index (χ1) is 7.75. The maximum Gasteiger partial charge on any atom is 0.0669 e. The van der Waals surface area contributed by atoms with Gasteiger partial charge in [0.1, 0.15) is 0 Å². The molecule has 0 aromatic heterocycles. The summed E-state index contributed by atoms with van der Waals surface area (Å²) >= 11 is 3.97. The molecule has 1 aliphatic heterocycles. The molecule has 16 heavy (non-hydrogen) atoms. The maximum atomic E-state index is 10.1. The molecule has 0 aromatic carbocycles. The second-order valence-electron chi connectivity index (χ2n) is 4.41. The Morgan fingerprint density at radius 2 is 2.06 bits per heavy atom. The fourth-order valence-corrected chi connectivity index (χ4v) is 4.94. The van der Waals surface area contributed by atoms with E-state index in [9.17, 15) is 5.11 Å². The van der Waals surface area contributed by atoms with Gasteiger partial charge in [-0.1, -0.05) is 25.8 Å². The molecule has 0 aromatic rings. The van der Waals surface area contributed by atoms with Crippen LogP contribution in [0, 0.1) is 0 Å². The second-order valence-corrected chi connectivity index (χ2v) is 7.18. The third-order valence-electron chi connectivity index (χ3n) is 3.02. The molecule has 1 rings (SSSR count). The molecular formula is C13H24OS2. The van der Waals surface area contributed by atoms with Crippen molar-refractivity contribution in [2.45, 2.75) is 55.6 Å². The van der Waals surface area contributed by atoms with Crippen LogP contribution in [-0.4, -0.2) is 33.2 Å². The summed E-state index contributed by atoms with van der Waals surface area (Å²) in [6.07, 6.45) is 7.56. The van der Waals surface area contributed by atoms with E-state index in [1.807, 2.05) is 29.6 Å². The van der Waals surface area contributed by atoms with Gasteiger partial charge in [-0.15, -0.1) is 6.58 Å². The summed E-state index contributed by atoms with van der Waals surface area (Å²) in [6, 6.07) is 0. The minimum atomic E-state index is -0.100. The van der Waals surface area contributed by atoms with Crippen LogP contribution in [0.3, 0.4) is 0 Å². The van der Waals surface area contributed by atoms with E-state index in [1.54, 1.807) is 0 Å². The lowest BCUT2D eigenvalue weighted by molar-refractivity contribution is 0.157. The average Bonchev–Trinajstić information content (AvgIpc) is 2.29. The monoisotopic (exact) mass is 260 g/mol. The van der Waals surface area contributed by atoms with Crippen molar-refractivity contribution < 1.29 is 5.11 Å². The number of aliphatic hydroxyl groups excluding tert-OH is 1. The van der Waals surface area contributed by atoms with Crippen molar-refractivity contribution in [3.8, 4) is 0 Å². The first-order valence-electron chi connectivity index (χ1n) is 6.28. The Hall–Kier alpha value is 0.400. The second kappa shape index (κ2) is 8.48. The molecule has 0 bridgehead atoms. The first-order valence-corrected chi connectivity index (χ1v) is 8.37. The zero-order chi connectivity index (χ0) is 11.8. The smallest absolute Gasteiger partial charge is 0.0669 e. The largest absolute Gasteiger partial charge is 0.392 e. The standard InChI is InChI=1S/C13H24OS2/c1-3-4-5-6-7-8-12(14)13-11(2)15-9-10-16-13/h3,11-14H,1,4-10H2,2H3. The van der Waals surface area contributed by atoms with Gasteiger partial charge >= 0.3 is 0 Å². The van der Waals surface area contributed by atoms with E-state index in [2.05, 4.69) is 13.5 Å². The number of hydrogen-bond acceptors (Lipinski definition) is 3. The number of hydrogen-bond donors (Lipinski definition) is 1. The predicted molar refractivity (Wildman–Crippen MR) is 77.5 cm³/mol. The van der Waals surface area contributed by atoms with Crippen molar-refractivity contribution in [1.82, 2.24) is 0 Å². The van der Waals surface area contributed by atoms with Crippen molar-refractivity contribution >= 4 is 23.5 Å². The van der Waals surface area contributed by atoms with Gasteiger partial charge < -0.3 is 5.11 Å². The molecule has 0 amide bonds. The van der Waals surface area contributed by atoms with Crippen LogP contribution in [0.25, 0.3) is 0 Å². The molecule has 94 valence electrons. The lowest BCUT2D eigenvalue weighted by atomic mass is 10.1. The summed E-state index contributed by atoms with van der Waals surface area (Å²) in [7, 11) is 0. The Bertz CT molecular complexity index is 196. The molecule has 1 nitrogen and oxygen atoms in total. The quantitative estimate of drug-likeness (QED) is 0.556. The van der Waals surface area contributed by atoms with E-state index >= 15 is 0 Å². The van der Waals surface area contributed by atoms with Gasteiger partial charge in [-0.3, -0.25) is 0 Å². The minimum absolute atomic E-state index is 0.100. The van der Waals surface area contributed by atoms with Crippen molar-refractivity contribution in [1.29, 1.82) is 0 Å². The zero-order valence-corrected chi connectivity index (χ0v) is 11.9. The molecular weight excluding hydrogens is 236 g/mol. The summed E-state index contributed by atoms with van der Waals surface area (Å²) in [5, 5.41) is 11.2.